The van der Waals surface area contributed by atoms with Crippen molar-refractivity contribution in [3.63, 3.8) is 0 Å². The quantitative estimate of drug-likeness (QED) is 0.0838. The molecule has 0 bridgehead atoms. The van der Waals surface area contributed by atoms with Crippen molar-refractivity contribution in [2.45, 2.75) is 107 Å². The third-order valence-electron chi connectivity index (χ3n) is 10.2. The number of aromatic nitrogens is 1. The summed E-state index contributed by atoms with van der Waals surface area (Å²) in [6, 6.07) is 21.5. The third-order valence-corrected chi connectivity index (χ3v) is 10.2. The van der Waals surface area contributed by atoms with E-state index >= 15 is 0 Å². The van der Waals surface area contributed by atoms with Gasteiger partial charge in [-0.05, 0) is 76.4 Å². The summed E-state index contributed by atoms with van der Waals surface area (Å²) in [5.41, 5.74) is 5.37. The number of aliphatic hydroxyl groups is 1. The topological polar surface area (TPSA) is 50.2 Å². The van der Waals surface area contributed by atoms with Gasteiger partial charge in [0.2, 0.25) is 0 Å². The van der Waals surface area contributed by atoms with Crippen molar-refractivity contribution >= 4 is 27.3 Å². The molecule has 0 saturated heterocycles. The maximum atomic E-state index is 11.8. The Balaban J connectivity index is 0.000000297. The van der Waals surface area contributed by atoms with E-state index in [0.29, 0.717) is 5.92 Å². The summed E-state index contributed by atoms with van der Waals surface area (Å²) in [4.78, 5) is 16.7. The second-order valence-electron chi connectivity index (χ2n) is 14.2. The van der Waals surface area contributed by atoms with Gasteiger partial charge >= 0.3 is 0 Å². The van der Waals surface area contributed by atoms with Crippen molar-refractivity contribution in [2.75, 3.05) is 0 Å². The molecule has 1 unspecified atom stereocenters. The van der Waals surface area contributed by atoms with Gasteiger partial charge < -0.3 is 10.1 Å². The zero-order valence-electron chi connectivity index (χ0n) is 28.8. The Kier molecular flexibility index (Phi) is 12.4. The van der Waals surface area contributed by atoms with Crippen LogP contribution in [-0.2, 0) is 24.9 Å². The Morgan fingerprint density at radius 2 is 1.64 bits per heavy atom. The molecule has 4 aromatic rings. The van der Waals surface area contributed by atoms with E-state index in [9.17, 15) is 9.90 Å². The fourth-order valence-corrected chi connectivity index (χ4v) is 6.26. The first kappa shape index (κ1) is 36.7. The van der Waals surface area contributed by atoms with Gasteiger partial charge in [-0.1, -0.05) is 105 Å². The molecule has 1 N–H and O–H groups in total. The molecule has 243 valence electrons. The number of allylic oxidation sites excluding steroid dienone is 2. The first-order chi connectivity index (χ1) is 20.8. The molecule has 0 spiro atoms. The molecule has 1 atom stereocenters. The van der Waals surface area contributed by atoms with Crippen molar-refractivity contribution in [1.82, 2.24) is 4.98 Å². The summed E-state index contributed by atoms with van der Waals surface area (Å²) in [5, 5.41) is 15.1. The molecule has 5 rings (SSSR count). The van der Waals surface area contributed by atoms with E-state index in [2.05, 4.69) is 75.4 Å². The Morgan fingerprint density at radius 3 is 2.27 bits per heavy atom. The van der Waals surface area contributed by atoms with Crippen molar-refractivity contribution in [2.24, 2.45) is 16.7 Å². The zero-order chi connectivity index (χ0) is 32.2. The molecule has 1 aliphatic carbocycles. The molecule has 1 heterocycles. The number of ketones is 1. The van der Waals surface area contributed by atoms with E-state index < -0.39 is 0 Å². The van der Waals surface area contributed by atoms with E-state index in [1.807, 2.05) is 47.7 Å². The number of benzene rings is 3. The summed E-state index contributed by atoms with van der Waals surface area (Å²) >= 11 is 0. The predicted octanol–water partition coefficient (Wildman–Crippen LogP) is 11.6. The van der Waals surface area contributed by atoms with Gasteiger partial charge in [0.15, 0.2) is 5.78 Å². The van der Waals surface area contributed by atoms with Crippen LogP contribution in [0.1, 0.15) is 110 Å². The van der Waals surface area contributed by atoms with Crippen LogP contribution in [0.4, 0.5) is 0 Å². The number of aliphatic hydroxyl groups excluding tert-OH is 1. The number of fused-ring (bicyclic) bond motifs is 3. The average molecular weight is 783 g/mol. The van der Waals surface area contributed by atoms with E-state index in [0.717, 1.165) is 35.6 Å². The molecule has 45 heavy (non-hydrogen) atoms. The van der Waals surface area contributed by atoms with Gasteiger partial charge in [0.1, 0.15) is 5.76 Å². The SMILES string of the molecule is CCC(C)(C)C(=O)/C=C(\O)C(C)(C)CC.Cc1[c-]c(-c2nccc3ccc4c(C(C)C5CCCC5)cccc4c23)cc(C)c1.[Ir]. The summed E-state index contributed by atoms with van der Waals surface area (Å²) in [5.74, 6) is 1.62. The summed E-state index contributed by atoms with van der Waals surface area (Å²) in [6.07, 6.45) is 10.4. The average Bonchev–Trinajstić information content (AvgIpc) is 3.55. The van der Waals surface area contributed by atoms with Gasteiger partial charge in [0, 0.05) is 43.2 Å². The molecule has 1 aliphatic rings. The Labute approximate surface area is 285 Å². The van der Waals surface area contributed by atoms with Gasteiger partial charge in [-0.3, -0.25) is 4.79 Å². The van der Waals surface area contributed by atoms with Crippen LogP contribution < -0.4 is 0 Å². The van der Waals surface area contributed by atoms with E-state index in [4.69, 9.17) is 4.98 Å². The van der Waals surface area contributed by atoms with Gasteiger partial charge in [-0.25, -0.2) is 0 Å². The Bertz CT molecular complexity index is 1640. The molecule has 3 nitrogen and oxygen atoms in total. The number of carbonyl (C=O) groups excluding carboxylic acids is 1. The standard InChI is InChI=1S/C28H28N.C13H24O2.Ir/c1-18-15-19(2)17-23(16-18)28-27-22(13-14-29-28)11-12-25-24(9-6-10-26(25)27)20(3)21-7-4-5-8-21;1-7-12(3,4)10(14)9-11(15)13(5,6)8-2;/h6,9-16,20-21H,4-5,7-8H2,1-3H3;9,14H,7-8H2,1-6H3;/q-1;;/b;10-9-;. The number of carbonyl (C=O) groups is 1. The Hall–Kier alpha value is -2.81. The number of pyridine rings is 1. The van der Waals surface area contributed by atoms with Crippen LogP contribution in [0, 0.1) is 36.7 Å². The second-order valence-corrected chi connectivity index (χ2v) is 14.2. The molecular weight excluding hydrogens is 731 g/mol. The number of rotatable bonds is 8. The molecule has 1 fully saturated rings. The van der Waals surface area contributed by atoms with Gasteiger partial charge in [-0.2, -0.15) is 0 Å². The van der Waals surface area contributed by atoms with Crippen LogP contribution in [-0.4, -0.2) is 15.9 Å². The molecule has 0 amide bonds. The molecule has 4 heteroatoms. The molecule has 3 aromatic carbocycles. The molecule has 1 saturated carbocycles. The van der Waals surface area contributed by atoms with Crippen molar-refractivity contribution in [1.29, 1.82) is 0 Å². The number of hydrogen-bond acceptors (Lipinski definition) is 3. The van der Waals surface area contributed by atoms with Gasteiger partial charge in [0.05, 0.1) is 0 Å². The van der Waals surface area contributed by atoms with Crippen molar-refractivity contribution < 1.29 is 30.0 Å². The fraction of sp³-hybridized carbons (Fsp3) is 0.463. The summed E-state index contributed by atoms with van der Waals surface area (Å²) in [7, 11) is 0. The van der Waals surface area contributed by atoms with Crippen molar-refractivity contribution in [3.8, 4) is 11.3 Å². The maximum Gasteiger partial charge on any atom is 0.164 e. The monoisotopic (exact) mass is 783 g/mol. The fourth-order valence-electron chi connectivity index (χ4n) is 6.26. The summed E-state index contributed by atoms with van der Waals surface area (Å²) in [6.45, 7) is 18.3. The normalized spacial score (nSPS) is 15.0. The van der Waals surface area contributed by atoms with Crippen LogP contribution in [0.15, 0.2) is 66.6 Å². The largest absolute Gasteiger partial charge is 0.512 e. The smallest absolute Gasteiger partial charge is 0.164 e. The van der Waals surface area contributed by atoms with Gasteiger partial charge in [0.25, 0.3) is 0 Å². The zero-order valence-corrected chi connectivity index (χ0v) is 31.2. The van der Waals surface area contributed by atoms with Crippen LogP contribution >= 0.6 is 0 Å². The molecule has 1 aromatic heterocycles. The number of aryl methyl sites for hydroxylation is 2. The second kappa shape index (κ2) is 15.2. The van der Waals surface area contributed by atoms with Crippen LogP contribution in [0.3, 0.4) is 0 Å². The van der Waals surface area contributed by atoms with Crippen molar-refractivity contribution in [3.05, 3.63) is 89.3 Å². The molecular formula is C41H52IrNO2-. The molecule has 0 aliphatic heterocycles. The number of hydrogen-bond donors (Lipinski definition) is 1. The third kappa shape index (κ3) is 8.32. The van der Waals surface area contributed by atoms with E-state index in [1.165, 1.54) is 64.4 Å². The number of nitrogens with zero attached hydrogens (tertiary/aromatic N) is 1. The minimum Gasteiger partial charge on any atom is -0.512 e. The predicted molar refractivity (Wildman–Crippen MR) is 187 cm³/mol. The minimum atomic E-state index is -0.377. The van der Waals surface area contributed by atoms with Crippen LogP contribution in [0.5, 0.6) is 0 Å². The first-order valence-electron chi connectivity index (χ1n) is 16.6. The minimum absolute atomic E-state index is 0. The maximum absolute atomic E-state index is 11.8. The summed E-state index contributed by atoms with van der Waals surface area (Å²) < 4.78 is 0. The van der Waals surface area contributed by atoms with Gasteiger partial charge in [-0.15, -0.1) is 34.9 Å². The van der Waals surface area contributed by atoms with E-state index in [1.54, 1.807) is 0 Å². The van der Waals surface area contributed by atoms with E-state index in [-0.39, 0.29) is 42.5 Å². The molecule has 1 radical (unpaired) electrons. The first-order valence-corrected chi connectivity index (χ1v) is 16.6. The van der Waals surface area contributed by atoms with Crippen LogP contribution in [0.2, 0.25) is 0 Å². The van der Waals surface area contributed by atoms with Crippen LogP contribution in [0.25, 0.3) is 32.8 Å². The Morgan fingerprint density at radius 1 is 0.978 bits per heavy atom.